The molecule has 0 spiro atoms. The minimum absolute atomic E-state index is 0.0560. The smallest absolute Gasteiger partial charge is 0.378 e. The first-order valence-corrected chi connectivity index (χ1v) is 7.50. The Balaban J connectivity index is 1.89. The summed E-state index contributed by atoms with van der Waals surface area (Å²) in [6, 6.07) is 0. The molecule has 0 heterocycles. The molecule has 1 saturated carbocycles. The molecule has 0 aliphatic heterocycles. The number of carbonyl (C=O) groups excluding carboxylic acids is 1. The number of nitrogens with one attached hydrogen (secondary N) is 1. The fourth-order valence-electron chi connectivity index (χ4n) is 2.22. The molecule has 1 aliphatic carbocycles. The number of hydrogen-bond acceptors (Lipinski definition) is 3. The molecule has 1 aliphatic rings. The van der Waals surface area contributed by atoms with Crippen molar-refractivity contribution < 1.29 is 27.4 Å². The lowest BCUT2D eigenvalue weighted by atomic mass is 9.98. The molecule has 7 heteroatoms. The fourth-order valence-corrected chi connectivity index (χ4v) is 2.22. The van der Waals surface area contributed by atoms with E-state index in [-0.39, 0.29) is 18.9 Å². The van der Waals surface area contributed by atoms with Gasteiger partial charge >= 0.3 is 6.18 Å². The molecular formula is C14H24F3NO3. The fraction of sp³-hybridized carbons (Fsp3) is 0.929. The van der Waals surface area contributed by atoms with Crippen LogP contribution in [-0.4, -0.2) is 44.6 Å². The zero-order valence-electron chi connectivity index (χ0n) is 12.2. The molecule has 1 fully saturated rings. The number of rotatable bonds is 9. The van der Waals surface area contributed by atoms with E-state index in [0.29, 0.717) is 25.7 Å². The van der Waals surface area contributed by atoms with Gasteiger partial charge in [-0.05, 0) is 19.3 Å². The van der Waals surface area contributed by atoms with Gasteiger partial charge in [-0.25, -0.2) is 0 Å². The SMILES string of the molecule is O=C(CCOCC(F)(F)F)NCCCOC1CCCCC1. The van der Waals surface area contributed by atoms with Crippen molar-refractivity contribution in [1.29, 1.82) is 0 Å². The van der Waals surface area contributed by atoms with E-state index in [1.807, 2.05) is 0 Å². The van der Waals surface area contributed by atoms with Crippen molar-refractivity contribution in [3.63, 3.8) is 0 Å². The number of alkyl halides is 3. The molecular weight excluding hydrogens is 287 g/mol. The highest BCUT2D eigenvalue weighted by molar-refractivity contribution is 5.75. The Morgan fingerprint density at radius 1 is 1.14 bits per heavy atom. The molecule has 1 rings (SSSR count). The van der Waals surface area contributed by atoms with Crippen molar-refractivity contribution in [2.24, 2.45) is 0 Å². The molecule has 1 N–H and O–H groups in total. The normalized spacial score (nSPS) is 16.9. The maximum absolute atomic E-state index is 11.8. The molecule has 0 bridgehead atoms. The van der Waals surface area contributed by atoms with Crippen LogP contribution < -0.4 is 5.32 Å². The van der Waals surface area contributed by atoms with E-state index in [0.717, 1.165) is 12.8 Å². The van der Waals surface area contributed by atoms with E-state index >= 15 is 0 Å². The van der Waals surface area contributed by atoms with Crippen molar-refractivity contribution in [3.8, 4) is 0 Å². The lowest BCUT2D eigenvalue weighted by molar-refractivity contribution is -0.174. The third-order valence-corrected chi connectivity index (χ3v) is 3.29. The molecule has 0 saturated heterocycles. The molecule has 0 aromatic carbocycles. The molecule has 0 radical (unpaired) electrons. The maximum Gasteiger partial charge on any atom is 0.411 e. The van der Waals surface area contributed by atoms with E-state index in [4.69, 9.17) is 4.74 Å². The number of hydrogen-bond donors (Lipinski definition) is 1. The van der Waals surface area contributed by atoms with E-state index in [9.17, 15) is 18.0 Å². The topological polar surface area (TPSA) is 47.6 Å². The average Bonchev–Trinajstić information content (AvgIpc) is 2.43. The second kappa shape index (κ2) is 10.00. The summed E-state index contributed by atoms with van der Waals surface area (Å²) in [4.78, 5) is 11.3. The molecule has 0 atom stereocenters. The van der Waals surface area contributed by atoms with Gasteiger partial charge in [0.25, 0.3) is 0 Å². The Kier molecular flexibility index (Phi) is 8.68. The molecule has 1 amide bonds. The van der Waals surface area contributed by atoms with Gasteiger partial charge in [-0.2, -0.15) is 13.2 Å². The largest absolute Gasteiger partial charge is 0.411 e. The highest BCUT2D eigenvalue weighted by Crippen LogP contribution is 2.20. The standard InChI is InChI=1S/C14H24F3NO3/c15-14(16,17)11-20-10-7-13(19)18-8-4-9-21-12-5-2-1-3-6-12/h12H,1-11H2,(H,18,19). The minimum Gasteiger partial charge on any atom is -0.378 e. The van der Waals surface area contributed by atoms with Crippen LogP contribution >= 0.6 is 0 Å². The number of amides is 1. The summed E-state index contributed by atoms with van der Waals surface area (Å²) in [5.41, 5.74) is 0. The van der Waals surface area contributed by atoms with Crippen molar-refractivity contribution in [1.82, 2.24) is 5.32 Å². The molecule has 0 aromatic rings. The summed E-state index contributed by atoms with van der Waals surface area (Å²) < 4.78 is 45.4. The monoisotopic (exact) mass is 311 g/mol. The van der Waals surface area contributed by atoms with Crippen LogP contribution in [0, 0.1) is 0 Å². The summed E-state index contributed by atoms with van der Waals surface area (Å²) >= 11 is 0. The van der Waals surface area contributed by atoms with Gasteiger partial charge in [0.1, 0.15) is 6.61 Å². The van der Waals surface area contributed by atoms with E-state index in [2.05, 4.69) is 10.1 Å². The Hall–Kier alpha value is -0.820. The van der Waals surface area contributed by atoms with Gasteiger partial charge in [0.2, 0.25) is 5.91 Å². The third-order valence-electron chi connectivity index (χ3n) is 3.29. The van der Waals surface area contributed by atoms with Crippen LogP contribution in [0.3, 0.4) is 0 Å². The summed E-state index contributed by atoms with van der Waals surface area (Å²) in [6.45, 7) is -0.445. The van der Waals surface area contributed by atoms with Crippen LogP contribution in [0.15, 0.2) is 0 Å². The van der Waals surface area contributed by atoms with Crippen molar-refractivity contribution in [2.45, 2.75) is 57.2 Å². The van der Waals surface area contributed by atoms with E-state index in [1.54, 1.807) is 0 Å². The lowest BCUT2D eigenvalue weighted by Crippen LogP contribution is -2.27. The van der Waals surface area contributed by atoms with Gasteiger partial charge < -0.3 is 14.8 Å². The first-order chi connectivity index (χ1) is 9.97. The van der Waals surface area contributed by atoms with Gasteiger partial charge in [0.15, 0.2) is 0 Å². The number of halogens is 3. The summed E-state index contributed by atoms with van der Waals surface area (Å²) in [5, 5.41) is 2.64. The van der Waals surface area contributed by atoms with Crippen molar-refractivity contribution in [2.75, 3.05) is 26.4 Å². The molecule has 4 nitrogen and oxygen atoms in total. The number of carbonyl (C=O) groups is 1. The average molecular weight is 311 g/mol. The summed E-state index contributed by atoms with van der Waals surface area (Å²) in [6.07, 6.45) is 2.62. The predicted molar refractivity (Wildman–Crippen MR) is 71.9 cm³/mol. The lowest BCUT2D eigenvalue weighted by Gasteiger charge is -2.21. The zero-order valence-corrected chi connectivity index (χ0v) is 12.2. The zero-order chi connectivity index (χ0) is 15.6. The molecule has 0 aromatic heterocycles. The quantitative estimate of drug-likeness (QED) is 0.666. The Labute approximate surface area is 123 Å². The molecule has 21 heavy (non-hydrogen) atoms. The highest BCUT2D eigenvalue weighted by atomic mass is 19.4. The molecule has 0 unspecified atom stereocenters. The Morgan fingerprint density at radius 3 is 2.52 bits per heavy atom. The van der Waals surface area contributed by atoms with Crippen molar-refractivity contribution >= 4 is 5.91 Å². The third kappa shape index (κ3) is 10.5. The highest BCUT2D eigenvalue weighted by Gasteiger charge is 2.27. The van der Waals surface area contributed by atoms with Gasteiger partial charge in [-0.3, -0.25) is 4.79 Å². The van der Waals surface area contributed by atoms with Crippen LogP contribution in [0.5, 0.6) is 0 Å². The van der Waals surface area contributed by atoms with Crippen LogP contribution in [0.1, 0.15) is 44.9 Å². The maximum atomic E-state index is 11.8. The second-order valence-electron chi connectivity index (χ2n) is 5.25. The van der Waals surface area contributed by atoms with Crippen molar-refractivity contribution in [3.05, 3.63) is 0 Å². The van der Waals surface area contributed by atoms with Gasteiger partial charge in [0.05, 0.1) is 12.7 Å². The number of ether oxygens (including phenoxy) is 2. The predicted octanol–water partition coefficient (Wildman–Crippen LogP) is 2.81. The second-order valence-corrected chi connectivity index (χ2v) is 5.25. The first-order valence-electron chi connectivity index (χ1n) is 7.50. The van der Waals surface area contributed by atoms with E-state index < -0.39 is 12.8 Å². The minimum atomic E-state index is -4.34. The Morgan fingerprint density at radius 2 is 1.86 bits per heavy atom. The van der Waals surface area contributed by atoms with Crippen LogP contribution in [-0.2, 0) is 14.3 Å². The summed E-state index contributed by atoms with van der Waals surface area (Å²) in [7, 11) is 0. The van der Waals surface area contributed by atoms with Gasteiger partial charge in [0, 0.05) is 19.6 Å². The van der Waals surface area contributed by atoms with E-state index in [1.165, 1.54) is 19.3 Å². The molecule has 124 valence electrons. The van der Waals surface area contributed by atoms with Crippen LogP contribution in [0.25, 0.3) is 0 Å². The first kappa shape index (κ1) is 18.2. The van der Waals surface area contributed by atoms with Crippen LogP contribution in [0.2, 0.25) is 0 Å². The van der Waals surface area contributed by atoms with Gasteiger partial charge in [-0.1, -0.05) is 19.3 Å². The summed E-state index contributed by atoms with van der Waals surface area (Å²) in [5.74, 6) is -0.296. The van der Waals surface area contributed by atoms with Crippen LogP contribution in [0.4, 0.5) is 13.2 Å². The Bertz CT molecular complexity index is 292. The van der Waals surface area contributed by atoms with Gasteiger partial charge in [-0.15, -0.1) is 0 Å².